The number of carbonyl (C=O) groups is 2. The van der Waals surface area contributed by atoms with Gasteiger partial charge >= 0.3 is 6.03 Å². The molecule has 0 aliphatic heterocycles. The molecule has 3 amide bonds. The summed E-state index contributed by atoms with van der Waals surface area (Å²) in [7, 11) is 0. The first-order chi connectivity index (χ1) is 7.61. The van der Waals surface area contributed by atoms with E-state index < -0.39 is 6.03 Å². The molecule has 0 spiro atoms. The predicted molar refractivity (Wildman–Crippen MR) is 60.5 cm³/mol. The Morgan fingerprint density at radius 3 is 2.38 bits per heavy atom. The summed E-state index contributed by atoms with van der Waals surface area (Å²) in [6, 6.07) is -0.610. The average molecular weight is 228 g/mol. The van der Waals surface area contributed by atoms with E-state index in [0.717, 1.165) is 25.7 Å². The average Bonchev–Trinajstić information content (AvgIpc) is 2.24. The van der Waals surface area contributed by atoms with Crippen molar-refractivity contribution in [3.63, 3.8) is 0 Å². The fraction of sp³-hybridized carbons (Fsp3) is 0.800. The molecule has 2 unspecified atom stereocenters. The third-order valence-electron chi connectivity index (χ3n) is 2.88. The van der Waals surface area contributed by atoms with Crippen molar-refractivity contribution < 1.29 is 9.59 Å². The zero-order valence-electron chi connectivity index (χ0n) is 9.37. The van der Waals surface area contributed by atoms with E-state index >= 15 is 0 Å². The SMILES string of the molecule is NC(=O)NCCNC(=O)C1CCCCC1N. The molecular weight excluding hydrogens is 208 g/mol. The lowest BCUT2D eigenvalue weighted by atomic mass is 9.84. The van der Waals surface area contributed by atoms with Gasteiger partial charge in [0.1, 0.15) is 0 Å². The Labute approximate surface area is 95.1 Å². The largest absolute Gasteiger partial charge is 0.354 e. The Morgan fingerprint density at radius 1 is 1.12 bits per heavy atom. The zero-order valence-corrected chi connectivity index (χ0v) is 9.37. The fourth-order valence-electron chi connectivity index (χ4n) is 1.99. The zero-order chi connectivity index (χ0) is 12.0. The molecule has 6 N–H and O–H groups in total. The van der Waals surface area contributed by atoms with E-state index in [9.17, 15) is 9.59 Å². The van der Waals surface area contributed by atoms with Crippen LogP contribution in [0.5, 0.6) is 0 Å². The van der Waals surface area contributed by atoms with Gasteiger partial charge in [0.2, 0.25) is 5.91 Å². The number of nitrogens with one attached hydrogen (secondary N) is 2. The standard InChI is InChI=1S/C10H20N4O2/c11-8-4-2-1-3-7(8)9(15)13-5-6-14-10(12)16/h7-8H,1-6,11H2,(H,13,15)(H3,12,14,16). The molecule has 2 atom stereocenters. The summed E-state index contributed by atoms with van der Waals surface area (Å²) < 4.78 is 0. The minimum Gasteiger partial charge on any atom is -0.354 e. The van der Waals surface area contributed by atoms with Crippen molar-refractivity contribution in [3.8, 4) is 0 Å². The Balaban J connectivity index is 2.20. The van der Waals surface area contributed by atoms with Gasteiger partial charge in [0, 0.05) is 19.1 Å². The first-order valence-electron chi connectivity index (χ1n) is 5.68. The van der Waals surface area contributed by atoms with Gasteiger partial charge in [0.25, 0.3) is 0 Å². The van der Waals surface area contributed by atoms with Crippen LogP contribution in [0.1, 0.15) is 25.7 Å². The Morgan fingerprint density at radius 2 is 1.75 bits per heavy atom. The topological polar surface area (TPSA) is 110 Å². The van der Waals surface area contributed by atoms with Crippen molar-refractivity contribution in [1.29, 1.82) is 0 Å². The summed E-state index contributed by atoms with van der Waals surface area (Å²) in [6.07, 6.45) is 3.94. The van der Waals surface area contributed by atoms with Gasteiger partial charge in [-0.15, -0.1) is 0 Å². The molecule has 0 aromatic rings. The van der Waals surface area contributed by atoms with Gasteiger partial charge in [-0.3, -0.25) is 4.79 Å². The van der Waals surface area contributed by atoms with Crippen molar-refractivity contribution in [2.45, 2.75) is 31.7 Å². The highest BCUT2D eigenvalue weighted by Gasteiger charge is 2.27. The molecule has 1 aliphatic carbocycles. The summed E-state index contributed by atoms with van der Waals surface area (Å²) in [5.74, 6) is -0.0965. The van der Waals surface area contributed by atoms with Gasteiger partial charge in [0.05, 0.1) is 5.92 Å². The van der Waals surface area contributed by atoms with E-state index in [0.29, 0.717) is 13.1 Å². The third-order valence-corrected chi connectivity index (χ3v) is 2.88. The summed E-state index contributed by atoms with van der Waals surface area (Å²) in [4.78, 5) is 22.1. The van der Waals surface area contributed by atoms with Crippen molar-refractivity contribution in [3.05, 3.63) is 0 Å². The highest BCUT2D eigenvalue weighted by atomic mass is 16.2. The van der Waals surface area contributed by atoms with Gasteiger partial charge < -0.3 is 22.1 Å². The molecule has 6 heteroatoms. The van der Waals surface area contributed by atoms with Gasteiger partial charge in [0.15, 0.2) is 0 Å². The van der Waals surface area contributed by atoms with E-state index in [1.807, 2.05) is 0 Å². The van der Waals surface area contributed by atoms with E-state index in [2.05, 4.69) is 10.6 Å². The number of urea groups is 1. The number of hydrogen-bond acceptors (Lipinski definition) is 3. The molecule has 0 saturated heterocycles. The van der Waals surface area contributed by atoms with Gasteiger partial charge in [-0.25, -0.2) is 4.79 Å². The number of carbonyl (C=O) groups excluding carboxylic acids is 2. The van der Waals surface area contributed by atoms with Crippen LogP contribution in [-0.2, 0) is 4.79 Å². The lowest BCUT2D eigenvalue weighted by molar-refractivity contribution is -0.126. The first kappa shape index (κ1) is 12.8. The van der Waals surface area contributed by atoms with Crippen LogP contribution in [0.4, 0.5) is 4.79 Å². The maximum Gasteiger partial charge on any atom is 0.312 e. The molecule has 0 aromatic carbocycles. The van der Waals surface area contributed by atoms with Crippen LogP contribution in [0.15, 0.2) is 0 Å². The molecule has 1 fully saturated rings. The molecule has 1 aliphatic rings. The highest BCUT2D eigenvalue weighted by Crippen LogP contribution is 2.22. The molecule has 0 aromatic heterocycles. The second kappa shape index (κ2) is 6.32. The monoisotopic (exact) mass is 228 g/mol. The van der Waals surface area contributed by atoms with E-state index in [4.69, 9.17) is 11.5 Å². The molecule has 0 heterocycles. The van der Waals surface area contributed by atoms with Gasteiger partial charge in [-0.05, 0) is 12.8 Å². The van der Waals surface area contributed by atoms with Gasteiger partial charge in [-0.2, -0.15) is 0 Å². The second-order valence-corrected chi connectivity index (χ2v) is 4.14. The Bertz CT molecular complexity index is 257. The number of amides is 3. The minimum absolute atomic E-state index is 0.0153. The van der Waals surface area contributed by atoms with E-state index in [1.165, 1.54) is 0 Å². The third kappa shape index (κ3) is 4.06. The molecule has 16 heavy (non-hydrogen) atoms. The molecule has 92 valence electrons. The molecule has 0 radical (unpaired) electrons. The predicted octanol–water partition coefficient (Wildman–Crippen LogP) is -0.712. The molecule has 0 bridgehead atoms. The van der Waals surface area contributed by atoms with Crippen LogP contribution in [0, 0.1) is 5.92 Å². The van der Waals surface area contributed by atoms with Gasteiger partial charge in [-0.1, -0.05) is 12.8 Å². The second-order valence-electron chi connectivity index (χ2n) is 4.14. The number of nitrogens with two attached hydrogens (primary N) is 2. The lowest BCUT2D eigenvalue weighted by Gasteiger charge is -2.27. The number of primary amides is 1. The van der Waals surface area contributed by atoms with Crippen molar-refractivity contribution in [2.75, 3.05) is 13.1 Å². The summed E-state index contributed by atoms with van der Waals surface area (Å²) >= 11 is 0. The quantitative estimate of drug-likeness (QED) is 0.477. The Kier molecular flexibility index (Phi) is 5.04. The van der Waals surface area contributed by atoms with Crippen molar-refractivity contribution >= 4 is 11.9 Å². The molecular formula is C10H20N4O2. The first-order valence-corrected chi connectivity index (χ1v) is 5.68. The number of rotatable bonds is 4. The molecule has 1 saturated carbocycles. The number of hydrogen-bond donors (Lipinski definition) is 4. The lowest BCUT2D eigenvalue weighted by Crippen LogP contribution is -2.45. The smallest absolute Gasteiger partial charge is 0.312 e. The Hall–Kier alpha value is -1.30. The minimum atomic E-state index is -0.580. The van der Waals surface area contributed by atoms with Crippen LogP contribution < -0.4 is 22.1 Å². The van der Waals surface area contributed by atoms with Crippen molar-refractivity contribution in [1.82, 2.24) is 10.6 Å². The molecule has 1 rings (SSSR count). The van der Waals surface area contributed by atoms with Crippen molar-refractivity contribution in [2.24, 2.45) is 17.4 Å². The maximum absolute atomic E-state index is 11.7. The van der Waals surface area contributed by atoms with E-state index in [1.54, 1.807) is 0 Å². The summed E-state index contributed by atoms with van der Waals surface area (Å²) in [5.41, 5.74) is 10.8. The summed E-state index contributed by atoms with van der Waals surface area (Å²) in [5, 5.41) is 5.16. The van der Waals surface area contributed by atoms with Crippen LogP contribution in [0.25, 0.3) is 0 Å². The summed E-state index contributed by atoms with van der Waals surface area (Å²) in [6.45, 7) is 0.744. The molecule has 6 nitrogen and oxygen atoms in total. The van der Waals surface area contributed by atoms with Crippen LogP contribution in [0.2, 0.25) is 0 Å². The van der Waals surface area contributed by atoms with Crippen LogP contribution in [-0.4, -0.2) is 31.1 Å². The normalized spacial score (nSPS) is 24.8. The highest BCUT2D eigenvalue weighted by molar-refractivity contribution is 5.79. The fourth-order valence-corrected chi connectivity index (χ4v) is 1.99. The maximum atomic E-state index is 11.7. The van der Waals surface area contributed by atoms with Crippen LogP contribution >= 0.6 is 0 Å². The van der Waals surface area contributed by atoms with Crippen LogP contribution in [0.3, 0.4) is 0 Å². The van der Waals surface area contributed by atoms with E-state index in [-0.39, 0.29) is 17.9 Å².